The van der Waals surface area contributed by atoms with Crippen LogP contribution in [0.5, 0.6) is 5.75 Å². The average Bonchev–Trinajstić information content (AvgIpc) is 2.62. The second-order valence-electron chi connectivity index (χ2n) is 6.25. The largest absolute Gasteiger partial charge is 0.429 e. The maximum absolute atomic E-state index is 14.3. The second-order valence-corrected chi connectivity index (χ2v) is 6.25. The highest BCUT2D eigenvalue weighted by atomic mass is 19.3. The molecule has 0 amide bonds. The van der Waals surface area contributed by atoms with Gasteiger partial charge in [-0.2, -0.15) is 8.78 Å². The lowest BCUT2D eigenvalue weighted by atomic mass is 10.1. The van der Waals surface area contributed by atoms with Gasteiger partial charge in [-0.05, 0) is 6.07 Å². The molecule has 0 aliphatic carbocycles. The summed E-state index contributed by atoms with van der Waals surface area (Å²) in [5.74, 6) is -10.1. The van der Waals surface area contributed by atoms with Crippen molar-refractivity contribution in [2.24, 2.45) is 5.92 Å². The second kappa shape index (κ2) is 7.59. The summed E-state index contributed by atoms with van der Waals surface area (Å²) in [5, 5.41) is 0. The van der Waals surface area contributed by atoms with Crippen LogP contribution in [0.15, 0.2) is 24.3 Å². The first kappa shape index (κ1) is 20.4. The summed E-state index contributed by atoms with van der Waals surface area (Å²) in [6, 6.07) is 1.67. The Morgan fingerprint density at radius 2 is 1.46 bits per heavy atom. The van der Waals surface area contributed by atoms with Gasteiger partial charge in [0.05, 0.1) is 13.2 Å². The minimum Gasteiger partial charge on any atom is -0.429 e. The van der Waals surface area contributed by atoms with Gasteiger partial charge in [0.1, 0.15) is 11.3 Å². The van der Waals surface area contributed by atoms with Gasteiger partial charge in [-0.3, -0.25) is 0 Å². The highest BCUT2D eigenvalue weighted by Gasteiger charge is 2.40. The molecule has 0 bridgehead atoms. The number of hydrogen-bond acceptors (Lipinski definition) is 3. The molecule has 28 heavy (non-hydrogen) atoms. The van der Waals surface area contributed by atoms with Crippen LogP contribution in [0.4, 0.5) is 30.7 Å². The molecule has 1 aliphatic rings. The Kier molecular flexibility index (Phi) is 5.53. The van der Waals surface area contributed by atoms with E-state index in [4.69, 9.17) is 9.47 Å². The molecular formula is C18H13F7O3. The van der Waals surface area contributed by atoms with Gasteiger partial charge in [0.15, 0.2) is 35.4 Å². The molecule has 0 unspecified atom stereocenters. The summed E-state index contributed by atoms with van der Waals surface area (Å²) in [4.78, 5) is 0. The number of alkyl halides is 2. The molecule has 0 saturated carbocycles. The van der Waals surface area contributed by atoms with Crippen molar-refractivity contribution in [3.8, 4) is 5.75 Å². The fourth-order valence-corrected chi connectivity index (χ4v) is 2.54. The summed E-state index contributed by atoms with van der Waals surface area (Å²) in [5.41, 5.74) is -1.95. The molecule has 0 atom stereocenters. The maximum Gasteiger partial charge on any atom is 0.429 e. The van der Waals surface area contributed by atoms with Gasteiger partial charge in [-0.15, -0.1) is 0 Å². The smallest absolute Gasteiger partial charge is 0.429 e. The number of rotatable bonds is 4. The third kappa shape index (κ3) is 3.93. The number of halogens is 7. The quantitative estimate of drug-likeness (QED) is 0.513. The summed E-state index contributed by atoms with van der Waals surface area (Å²) < 4.78 is 111. The van der Waals surface area contributed by atoms with Gasteiger partial charge in [0.25, 0.3) is 0 Å². The minimum atomic E-state index is -4.51. The maximum atomic E-state index is 14.3. The van der Waals surface area contributed by atoms with Gasteiger partial charge in [-0.25, -0.2) is 22.0 Å². The predicted molar refractivity (Wildman–Crippen MR) is 81.0 cm³/mol. The Bertz CT molecular complexity index is 857. The Morgan fingerprint density at radius 3 is 2.04 bits per heavy atom. The lowest BCUT2D eigenvalue weighted by molar-refractivity contribution is -0.204. The minimum absolute atomic E-state index is 0.0256. The van der Waals surface area contributed by atoms with Gasteiger partial charge in [-0.1, -0.05) is 13.0 Å². The van der Waals surface area contributed by atoms with E-state index in [0.29, 0.717) is 6.07 Å². The Balaban J connectivity index is 1.89. The van der Waals surface area contributed by atoms with E-state index in [2.05, 4.69) is 4.74 Å². The van der Waals surface area contributed by atoms with Crippen molar-refractivity contribution in [2.75, 3.05) is 13.2 Å². The van der Waals surface area contributed by atoms with Crippen LogP contribution in [0.1, 0.15) is 24.3 Å². The van der Waals surface area contributed by atoms with Crippen LogP contribution in [-0.2, 0) is 15.6 Å². The SMILES string of the molecule is CC1COC(c2ccc(C(F)(F)Oc3cc(F)c(F)c(F)c3)c(F)c2F)OC1. The molecule has 1 aliphatic heterocycles. The standard InChI is InChI=1S/C18H13F7O3/c1-8-6-26-17(27-7-8)10-2-3-11(15(22)14(10)21)18(24,25)28-9-4-12(19)16(23)13(20)5-9/h2-5,8,17H,6-7H2,1H3. The molecule has 2 aromatic carbocycles. The average molecular weight is 410 g/mol. The van der Waals surface area contributed by atoms with E-state index in [1.54, 1.807) is 6.92 Å². The Hall–Kier alpha value is -2.33. The van der Waals surface area contributed by atoms with Crippen molar-refractivity contribution in [3.63, 3.8) is 0 Å². The van der Waals surface area contributed by atoms with Crippen molar-refractivity contribution in [2.45, 2.75) is 19.3 Å². The molecule has 1 saturated heterocycles. The fourth-order valence-electron chi connectivity index (χ4n) is 2.54. The Morgan fingerprint density at radius 1 is 0.893 bits per heavy atom. The van der Waals surface area contributed by atoms with E-state index in [9.17, 15) is 30.7 Å². The molecular weight excluding hydrogens is 397 g/mol. The number of benzene rings is 2. The van der Waals surface area contributed by atoms with Crippen molar-refractivity contribution >= 4 is 0 Å². The molecule has 2 aromatic rings. The van der Waals surface area contributed by atoms with Crippen LogP contribution in [0, 0.1) is 35.0 Å². The van der Waals surface area contributed by atoms with Crippen molar-refractivity contribution in [1.29, 1.82) is 0 Å². The molecule has 3 rings (SSSR count). The van der Waals surface area contributed by atoms with Gasteiger partial charge in [0.2, 0.25) is 0 Å². The van der Waals surface area contributed by atoms with Gasteiger partial charge >= 0.3 is 6.11 Å². The molecule has 10 heteroatoms. The zero-order chi connectivity index (χ0) is 20.6. The summed E-state index contributed by atoms with van der Waals surface area (Å²) in [6.45, 7) is 2.21. The molecule has 1 fully saturated rings. The molecule has 152 valence electrons. The highest BCUT2D eigenvalue weighted by molar-refractivity contribution is 5.31. The molecule has 0 aromatic heterocycles. The molecule has 0 N–H and O–H groups in total. The van der Waals surface area contributed by atoms with Crippen molar-refractivity contribution in [1.82, 2.24) is 0 Å². The molecule has 1 heterocycles. The highest BCUT2D eigenvalue weighted by Crippen LogP contribution is 2.37. The van der Waals surface area contributed by atoms with E-state index < -0.39 is 58.4 Å². The van der Waals surface area contributed by atoms with E-state index in [1.807, 2.05) is 0 Å². The van der Waals surface area contributed by atoms with Crippen molar-refractivity contribution in [3.05, 3.63) is 64.5 Å². The monoisotopic (exact) mass is 410 g/mol. The van der Waals surface area contributed by atoms with E-state index in [0.717, 1.165) is 6.07 Å². The first-order valence-corrected chi connectivity index (χ1v) is 8.03. The summed E-state index contributed by atoms with van der Waals surface area (Å²) in [7, 11) is 0. The van der Waals surface area contributed by atoms with Crippen LogP contribution in [0.25, 0.3) is 0 Å². The van der Waals surface area contributed by atoms with Crippen molar-refractivity contribution < 1.29 is 44.9 Å². The zero-order valence-electron chi connectivity index (χ0n) is 14.2. The normalized spacial score (nSPS) is 20.3. The third-order valence-electron chi connectivity index (χ3n) is 3.95. The van der Waals surface area contributed by atoms with Gasteiger partial charge < -0.3 is 14.2 Å². The third-order valence-corrected chi connectivity index (χ3v) is 3.95. The fraction of sp³-hybridized carbons (Fsp3) is 0.333. The summed E-state index contributed by atoms with van der Waals surface area (Å²) in [6.07, 6.45) is -5.78. The first-order valence-electron chi connectivity index (χ1n) is 8.03. The number of hydrogen-bond donors (Lipinski definition) is 0. The molecule has 3 nitrogen and oxygen atoms in total. The zero-order valence-corrected chi connectivity index (χ0v) is 14.2. The molecule has 0 spiro atoms. The topological polar surface area (TPSA) is 27.7 Å². The van der Waals surface area contributed by atoms with Crippen LogP contribution in [0.3, 0.4) is 0 Å². The van der Waals surface area contributed by atoms with Crippen LogP contribution in [0.2, 0.25) is 0 Å². The predicted octanol–water partition coefficient (Wildman–Crippen LogP) is 5.19. The van der Waals surface area contributed by atoms with E-state index >= 15 is 0 Å². The summed E-state index contributed by atoms with van der Waals surface area (Å²) >= 11 is 0. The lowest BCUT2D eigenvalue weighted by Gasteiger charge is -2.28. The number of ether oxygens (including phenoxy) is 3. The Labute approximate surface area is 154 Å². The first-order chi connectivity index (χ1) is 13.1. The van der Waals surface area contributed by atoms with Gasteiger partial charge in [0, 0.05) is 23.6 Å². The molecule has 0 radical (unpaired) electrons. The van der Waals surface area contributed by atoms with Crippen LogP contribution < -0.4 is 4.74 Å². The van der Waals surface area contributed by atoms with Crippen LogP contribution in [-0.4, -0.2) is 13.2 Å². The lowest BCUT2D eigenvalue weighted by Crippen LogP contribution is -2.27. The van der Waals surface area contributed by atoms with Crippen LogP contribution >= 0.6 is 0 Å². The van der Waals surface area contributed by atoms with E-state index in [-0.39, 0.29) is 31.3 Å². The van der Waals surface area contributed by atoms with E-state index in [1.165, 1.54) is 0 Å².